The molecule has 0 spiro atoms. The minimum Gasteiger partial charge on any atom is -0.435 e. The van der Waals surface area contributed by atoms with Crippen molar-refractivity contribution < 1.29 is 39.1 Å². The maximum atomic E-state index is 13.7. The van der Waals surface area contributed by atoms with Crippen molar-refractivity contribution in [2.45, 2.75) is 95.9 Å². The topological polar surface area (TPSA) is 123 Å². The summed E-state index contributed by atoms with van der Waals surface area (Å²) in [5, 5.41) is 35.0. The fourth-order valence-electron chi connectivity index (χ4n) is 6.74. The molecular weight excluding hydrogens is 404 g/mol. The molecule has 8 heteroatoms. The molecule has 0 bridgehead atoms. The fraction of sp³-hybridized carbons (Fsp3) is 0.826. The van der Waals surface area contributed by atoms with E-state index < -0.39 is 63.8 Å². The summed E-state index contributed by atoms with van der Waals surface area (Å²) in [7, 11) is 0. The first-order valence-electron chi connectivity index (χ1n) is 10.9. The van der Waals surface area contributed by atoms with E-state index in [1.165, 1.54) is 13.0 Å². The van der Waals surface area contributed by atoms with Gasteiger partial charge in [-0.2, -0.15) is 0 Å². The summed E-state index contributed by atoms with van der Waals surface area (Å²) in [6.45, 7) is 14.0. The van der Waals surface area contributed by atoms with Gasteiger partial charge in [0, 0.05) is 17.8 Å². The lowest BCUT2D eigenvalue weighted by atomic mass is 9.40. The molecule has 2 aliphatic carbocycles. The average molecular weight is 441 g/mol. The molecule has 3 N–H and O–H groups in total. The number of hydrogen-bond acceptors (Lipinski definition) is 8. The SMILES string of the molecule is C=C[C@@]1(C)CC(=O)[C@]2(O)C3(C)[C@@H](O)CCC(C)(C)[C@@H]3C(O)C(OC(=O)OCC)[C@@]2(C)O1. The van der Waals surface area contributed by atoms with E-state index in [1.54, 1.807) is 20.8 Å². The van der Waals surface area contributed by atoms with E-state index in [1.807, 2.05) is 13.8 Å². The van der Waals surface area contributed by atoms with E-state index >= 15 is 0 Å². The molecule has 0 aromatic carbocycles. The van der Waals surface area contributed by atoms with Crippen LogP contribution in [0.3, 0.4) is 0 Å². The number of carbonyl (C=O) groups is 2. The fourth-order valence-corrected chi connectivity index (χ4v) is 6.74. The molecule has 8 nitrogen and oxygen atoms in total. The second-order valence-corrected chi connectivity index (χ2v) is 10.6. The number of ketones is 1. The Hall–Kier alpha value is -1.48. The molecule has 3 aliphatic rings. The van der Waals surface area contributed by atoms with Gasteiger partial charge < -0.3 is 29.5 Å². The standard InChI is InChI=1S/C23H36O8/c1-8-20(5)12-14(25)23(28)21(6)13(24)10-11-19(3,4)16(21)15(26)17(22(23,7)31-20)30-18(27)29-9-2/h8,13,15-17,24,26,28H,1,9-12H2,2-7H3/t13-,15?,16-,17?,20-,21?,22+,23-/m0/s1. The molecule has 1 saturated heterocycles. The third kappa shape index (κ3) is 3.02. The minimum atomic E-state index is -2.24. The molecule has 1 aliphatic heterocycles. The number of carbonyl (C=O) groups excluding carboxylic acids is 2. The van der Waals surface area contributed by atoms with Gasteiger partial charge in [0.25, 0.3) is 0 Å². The summed E-state index contributed by atoms with van der Waals surface area (Å²) in [5.74, 6) is -1.31. The van der Waals surface area contributed by atoms with Crippen LogP contribution in [0.4, 0.5) is 4.79 Å². The second-order valence-electron chi connectivity index (χ2n) is 10.6. The molecule has 3 rings (SSSR count). The molecule has 3 fully saturated rings. The van der Waals surface area contributed by atoms with Gasteiger partial charge in [0.2, 0.25) is 0 Å². The van der Waals surface area contributed by atoms with E-state index in [0.717, 1.165) is 0 Å². The van der Waals surface area contributed by atoms with Crippen molar-refractivity contribution in [2.75, 3.05) is 6.61 Å². The molecule has 2 saturated carbocycles. The van der Waals surface area contributed by atoms with Crippen LogP contribution in [0.2, 0.25) is 0 Å². The molecular formula is C23H36O8. The van der Waals surface area contributed by atoms with Crippen LogP contribution < -0.4 is 0 Å². The Labute approximate surface area is 183 Å². The second kappa shape index (κ2) is 7.27. The Kier molecular flexibility index (Phi) is 5.67. The van der Waals surface area contributed by atoms with Crippen LogP contribution in [0.25, 0.3) is 0 Å². The monoisotopic (exact) mass is 440 g/mol. The van der Waals surface area contributed by atoms with E-state index in [9.17, 15) is 24.9 Å². The van der Waals surface area contributed by atoms with Crippen molar-refractivity contribution in [3.05, 3.63) is 12.7 Å². The summed E-state index contributed by atoms with van der Waals surface area (Å²) in [6.07, 6.45) is -2.65. The Balaban J connectivity index is 2.28. The molecule has 3 unspecified atom stereocenters. The highest BCUT2D eigenvalue weighted by molar-refractivity contribution is 5.92. The number of aliphatic hydroxyl groups excluding tert-OH is 2. The van der Waals surface area contributed by atoms with Crippen molar-refractivity contribution in [3.63, 3.8) is 0 Å². The molecule has 176 valence electrons. The lowest BCUT2D eigenvalue weighted by Gasteiger charge is -2.71. The number of ether oxygens (including phenoxy) is 3. The lowest BCUT2D eigenvalue weighted by molar-refractivity contribution is -0.370. The predicted octanol–water partition coefficient (Wildman–Crippen LogP) is 2.13. The van der Waals surface area contributed by atoms with Crippen molar-refractivity contribution >= 4 is 11.9 Å². The Morgan fingerprint density at radius 2 is 1.87 bits per heavy atom. The maximum absolute atomic E-state index is 13.7. The first kappa shape index (κ1) is 24.2. The highest BCUT2D eigenvalue weighted by Gasteiger charge is 2.81. The van der Waals surface area contributed by atoms with Crippen molar-refractivity contribution in [2.24, 2.45) is 16.7 Å². The zero-order valence-electron chi connectivity index (χ0n) is 19.3. The summed E-state index contributed by atoms with van der Waals surface area (Å²) in [4.78, 5) is 26.0. The van der Waals surface area contributed by atoms with Gasteiger partial charge in [0.05, 0.1) is 24.4 Å². The third-order valence-electron chi connectivity index (χ3n) is 8.21. The van der Waals surface area contributed by atoms with E-state index in [2.05, 4.69) is 6.58 Å². The minimum absolute atomic E-state index is 0.0537. The van der Waals surface area contributed by atoms with Gasteiger partial charge in [0.15, 0.2) is 17.5 Å². The van der Waals surface area contributed by atoms with Crippen LogP contribution in [-0.2, 0) is 19.0 Å². The summed E-state index contributed by atoms with van der Waals surface area (Å²) in [5.41, 5.74) is -7.28. The first-order chi connectivity index (χ1) is 14.1. The van der Waals surface area contributed by atoms with Gasteiger partial charge in [-0.1, -0.05) is 26.8 Å². The first-order valence-corrected chi connectivity index (χ1v) is 10.9. The number of fused-ring (bicyclic) bond motifs is 3. The van der Waals surface area contributed by atoms with Crippen molar-refractivity contribution in [3.8, 4) is 0 Å². The summed E-state index contributed by atoms with van der Waals surface area (Å²) in [6, 6.07) is 0. The van der Waals surface area contributed by atoms with Gasteiger partial charge >= 0.3 is 6.16 Å². The number of aliphatic hydroxyl groups is 3. The molecule has 31 heavy (non-hydrogen) atoms. The van der Waals surface area contributed by atoms with E-state index in [0.29, 0.717) is 12.8 Å². The van der Waals surface area contributed by atoms with Gasteiger partial charge in [-0.05, 0) is 39.0 Å². The quantitative estimate of drug-likeness (QED) is 0.451. The van der Waals surface area contributed by atoms with E-state index in [-0.39, 0.29) is 13.0 Å². The lowest BCUT2D eigenvalue weighted by Crippen LogP contribution is -2.86. The molecule has 1 heterocycles. The molecule has 8 atom stereocenters. The van der Waals surface area contributed by atoms with Crippen molar-refractivity contribution in [1.82, 2.24) is 0 Å². The summed E-state index contributed by atoms with van der Waals surface area (Å²) >= 11 is 0. The van der Waals surface area contributed by atoms with Crippen LogP contribution in [-0.4, -0.2) is 69.0 Å². The molecule has 0 amide bonds. The highest BCUT2D eigenvalue weighted by atomic mass is 16.7. The zero-order valence-corrected chi connectivity index (χ0v) is 19.3. The zero-order chi connectivity index (χ0) is 23.6. The largest absolute Gasteiger partial charge is 0.508 e. The van der Waals surface area contributed by atoms with Crippen LogP contribution in [0.15, 0.2) is 12.7 Å². The van der Waals surface area contributed by atoms with Crippen LogP contribution in [0.5, 0.6) is 0 Å². The van der Waals surface area contributed by atoms with E-state index in [4.69, 9.17) is 14.2 Å². The Morgan fingerprint density at radius 3 is 2.42 bits per heavy atom. The average Bonchev–Trinajstić information content (AvgIpc) is 2.66. The number of hydrogen-bond donors (Lipinski definition) is 3. The predicted molar refractivity (Wildman–Crippen MR) is 111 cm³/mol. The smallest absolute Gasteiger partial charge is 0.435 e. The maximum Gasteiger partial charge on any atom is 0.508 e. The van der Waals surface area contributed by atoms with Crippen LogP contribution in [0, 0.1) is 16.7 Å². The van der Waals surface area contributed by atoms with Gasteiger partial charge in [-0.25, -0.2) is 4.79 Å². The van der Waals surface area contributed by atoms with Gasteiger partial charge in [0.1, 0.15) is 5.60 Å². The van der Waals surface area contributed by atoms with Gasteiger partial charge in [-0.3, -0.25) is 4.79 Å². The molecule has 0 aromatic heterocycles. The Morgan fingerprint density at radius 1 is 1.26 bits per heavy atom. The number of rotatable bonds is 3. The van der Waals surface area contributed by atoms with Crippen molar-refractivity contribution in [1.29, 1.82) is 0 Å². The molecule has 0 aromatic rings. The number of Topliss-reactive ketones (excluding diaryl/α,β-unsaturated/α-hetero) is 1. The van der Waals surface area contributed by atoms with Crippen LogP contribution >= 0.6 is 0 Å². The van der Waals surface area contributed by atoms with Gasteiger partial charge in [-0.15, -0.1) is 6.58 Å². The normalized spacial score (nSPS) is 48.9. The Bertz CT molecular complexity index is 780. The molecule has 0 radical (unpaired) electrons. The summed E-state index contributed by atoms with van der Waals surface area (Å²) < 4.78 is 16.7. The van der Waals surface area contributed by atoms with Crippen LogP contribution in [0.1, 0.15) is 60.8 Å². The highest BCUT2D eigenvalue weighted by Crippen LogP contribution is 2.67. The third-order valence-corrected chi connectivity index (χ3v) is 8.21.